The maximum absolute atomic E-state index is 12.3. The van der Waals surface area contributed by atoms with Crippen LogP contribution in [0.25, 0.3) is 17.3 Å². The van der Waals surface area contributed by atoms with E-state index in [0.717, 1.165) is 28.6 Å². The average Bonchev–Trinajstić information content (AvgIpc) is 2.48. The molecule has 1 aromatic heterocycles. The van der Waals surface area contributed by atoms with Crippen molar-refractivity contribution in [2.45, 2.75) is 6.92 Å². The molecule has 0 saturated carbocycles. The molecule has 1 heterocycles. The number of ether oxygens (including phenoxy) is 1. The summed E-state index contributed by atoms with van der Waals surface area (Å²) < 4.78 is 6.73. The van der Waals surface area contributed by atoms with Crippen LogP contribution in [-0.2, 0) is 11.8 Å². The van der Waals surface area contributed by atoms with Gasteiger partial charge in [-0.25, -0.2) is 4.79 Å². The lowest BCUT2D eigenvalue weighted by molar-refractivity contribution is -0.131. The number of nitrogens with zero attached hydrogens (tertiary/aromatic N) is 1. The molecule has 0 radical (unpaired) electrons. The molecule has 0 fully saturated rings. The molecule has 0 aliphatic heterocycles. The van der Waals surface area contributed by atoms with E-state index < -0.39 is 5.97 Å². The van der Waals surface area contributed by atoms with Gasteiger partial charge in [-0.1, -0.05) is 0 Å². The van der Waals surface area contributed by atoms with E-state index >= 15 is 0 Å². The number of aryl methyl sites for hydroxylation is 1. The van der Waals surface area contributed by atoms with Gasteiger partial charge in [0.1, 0.15) is 5.75 Å². The first-order valence-electron chi connectivity index (χ1n) is 6.70. The number of carbonyl (C=O) groups is 1. The number of pyridine rings is 1. The monoisotopic (exact) mass is 299 g/mol. The lowest BCUT2D eigenvalue weighted by atomic mass is 10.1. The van der Waals surface area contributed by atoms with Gasteiger partial charge in [0.2, 0.25) is 0 Å². The van der Waals surface area contributed by atoms with Crippen molar-refractivity contribution >= 4 is 12.0 Å². The Hall–Kier alpha value is -2.82. The molecule has 0 aliphatic rings. The standard InChI is InChI=1S/C17H17NO4/c1-11-10-13(5-8-15(11)22-3)14-7-4-12(6-9-16(19)20)17(21)18(14)2/h4-10H,1-3H3,(H,19,20)/b9-6+. The van der Waals surface area contributed by atoms with Crippen LogP contribution in [0.1, 0.15) is 11.1 Å². The first-order chi connectivity index (χ1) is 10.4. The van der Waals surface area contributed by atoms with Crippen molar-refractivity contribution < 1.29 is 14.6 Å². The van der Waals surface area contributed by atoms with Gasteiger partial charge in [0, 0.05) is 18.7 Å². The van der Waals surface area contributed by atoms with E-state index in [4.69, 9.17) is 9.84 Å². The van der Waals surface area contributed by atoms with Crippen LogP contribution < -0.4 is 10.3 Å². The minimum Gasteiger partial charge on any atom is -0.496 e. The number of aromatic nitrogens is 1. The summed E-state index contributed by atoms with van der Waals surface area (Å²) >= 11 is 0. The summed E-state index contributed by atoms with van der Waals surface area (Å²) in [4.78, 5) is 22.8. The summed E-state index contributed by atoms with van der Waals surface area (Å²) in [6.45, 7) is 1.93. The summed E-state index contributed by atoms with van der Waals surface area (Å²) in [6.07, 6.45) is 2.25. The maximum atomic E-state index is 12.3. The van der Waals surface area contributed by atoms with Gasteiger partial charge < -0.3 is 14.4 Å². The summed E-state index contributed by atoms with van der Waals surface area (Å²) in [5, 5.41) is 8.64. The summed E-state index contributed by atoms with van der Waals surface area (Å²) in [5.74, 6) is -0.299. The average molecular weight is 299 g/mol. The van der Waals surface area contributed by atoms with Crippen LogP contribution in [0.3, 0.4) is 0 Å². The Bertz CT molecular complexity index is 803. The van der Waals surface area contributed by atoms with Gasteiger partial charge in [0.15, 0.2) is 0 Å². The van der Waals surface area contributed by atoms with E-state index in [1.54, 1.807) is 26.3 Å². The molecule has 5 nitrogen and oxygen atoms in total. The van der Waals surface area contributed by atoms with Crippen LogP contribution in [0.15, 0.2) is 41.2 Å². The fourth-order valence-electron chi connectivity index (χ4n) is 2.27. The predicted molar refractivity (Wildman–Crippen MR) is 85.1 cm³/mol. The third-order valence-electron chi connectivity index (χ3n) is 3.43. The fraction of sp³-hybridized carbons (Fsp3) is 0.176. The Morgan fingerprint density at radius 1 is 1.27 bits per heavy atom. The first-order valence-corrected chi connectivity index (χ1v) is 6.70. The fourth-order valence-corrected chi connectivity index (χ4v) is 2.27. The Morgan fingerprint density at radius 2 is 2.00 bits per heavy atom. The number of hydrogen-bond acceptors (Lipinski definition) is 3. The molecule has 1 N–H and O–H groups in total. The third-order valence-corrected chi connectivity index (χ3v) is 3.43. The van der Waals surface area contributed by atoms with Crippen molar-refractivity contribution in [3.8, 4) is 17.0 Å². The topological polar surface area (TPSA) is 68.5 Å². The maximum Gasteiger partial charge on any atom is 0.328 e. The molecule has 0 unspecified atom stereocenters. The number of aliphatic carboxylic acids is 1. The van der Waals surface area contributed by atoms with Gasteiger partial charge in [-0.2, -0.15) is 0 Å². The summed E-state index contributed by atoms with van der Waals surface area (Å²) in [5.41, 5.74) is 2.71. The molecule has 114 valence electrons. The van der Waals surface area contributed by atoms with E-state index in [0.29, 0.717) is 5.56 Å². The van der Waals surface area contributed by atoms with Gasteiger partial charge in [-0.3, -0.25) is 4.79 Å². The van der Waals surface area contributed by atoms with E-state index in [-0.39, 0.29) is 5.56 Å². The van der Waals surface area contributed by atoms with Crippen molar-refractivity contribution in [2.24, 2.45) is 7.05 Å². The zero-order chi connectivity index (χ0) is 16.3. The highest BCUT2D eigenvalue weighted by molar-refractivity contribution is 5.85. The zero-order valence-corrected chi connectivity index (χ0v) is 12.7. The van der Waals surface area contributed by atoms with Crippen molar-refractivity contribution in [1.29, 1.82) is 0 Å². The van der Waals surface area contributed by atoms with E-state index in [1.807, 2.05) is 25.1 Å². The minimum atomic E-state index is -1.09. The van der Waals surface area contributed by atoms with Gasteiger partial charge in [0.25, 0.3) is 5.56 Å². The Balaban J connectivity index is 2.50. The second kappa shape index (κ2) is 6.30. The molecule has 2 aromatic rings. The van der Waals surface area contributed by atoms with E-state index in [1.165, 1.54) is 10.6 Å². The molecule has 1 aromatic carbocycles. The van der Waals surface area contributed by atoms with Crippen LogP contribution >= 0.6 is 0 Å². The molecular weight excluding hydrogens is 282 g/mol. The highest BCUT2D eigenvalue weighted by atomic mass is 16.5. The second-order valence-corrected chi connectivity index (χ2v) is 4.89. The predicted octanol–water partition coefficient (Wildman–Crippen LogP) is 2.47. The number of carboxylic acids is 1. The van der Waals surface area contributed by atoms with E-state index in [9.17, 15) is 9.59 Å². The molecule has 22 heavy (non-hydrogen) atoms. The van der Waals surface area contributed by atoms with Crippen molar-refractivity contribution in [2.75, 3.05) is 7.11 Å². The van der Waals surface area contributed by atoms with Crippen LogP contribution in [0.4, 0.5) is 0 Å². The lowest BCUT2D eigenvalue weighted by Gasteiger charge is -2.11. The molecule has 0 bridgehead atoms. The molecule has 2 rings (SSSR count). The summed E-state index contributed by atoms with van der Waals surface area (Å²) in [6, 6.07) is 9.10. The number of rotatable bonds is 4. The zero-order valence-electron chi connectivity index (χ0n) is 12.7. The second-order valence-electron chi connectivity index (χ2n) is 4.89. The van der Waals surface area contributed by atoms with Crippen LogP contribution in [0.5, 0.6) is 5.75 Å². The highest BCUT2D eigenvalue weighted by Crippen LogP contribution is 2.25. The van der Waals surface area contributed by atoms with Gasteiger partial charge >= 0.3 is 5.97 Å². The highest BCUT2D eigenvalue weighted by Gasteiger charge is 2.08. The largest absolute Gasteiger partial charge is 0.496 e. The minimum absolute atomic E-state index is 0.247. The Labute approximate surface area is 128 Å². The van der Waals surface area contributed by atoms with E-state index in [2.05, 4.69) is 0 Å². The Morgan fingerprint density at radius 3 is 2.59 bits per heavy atom. The van der Waals surface area contributed by atoms with Gasteiger partial charge in [-0.15, -0.1) is 0 Å². The number of methoxy groups -OCH3 is 1. The van der Waals surface area contributed by atoms with Crippen molar-refractivity contribution in [3.63, 3.8) is 0 Å². The number of hydrogen-bond donors (Lipinski definition) is 1. The molecule has 0 spiro atoms. The SMILES string of the molecule is COc1ccc(-c2ccc(/C=C/C(=O)O)c(=O)n2C)cc1C. The third kappa shape index (κ3) is 3.09. The van der Waals surface area contributed by atoms with Crippen LogP contribution in [0.2, 0.25) is 0 Å². The normalized spacial score (nSPS) is 10.9. The first kappa shape index (κ1) is 15.6. The lowest BCUT2D eigenvalue weighted by Crippen LogP contribution is -2.20. The molecular formula is C17H17NO4. The van der Waals surface area contributed by atoms with Crippen molar-refractivity contribution in [3.05, 3.63) is 57.9 Å². The molecule has 5 heteroatoms. The van der Waals surface area contributed by atoms with Crippen molar-refractivity contribution in [1.82, 2.24) is 4.57 Å². The smallest absolute Gasteiger partial charge is 0.328 e. The molecule has 0 aliphatic carbocycles. The molecule has 0 amide bonds. The number of carboxylic acid groups (broad SMARTS) is 1. The molecule has 0 saturated heterocycles. The quantitative estimate of drug-likeness (QED) is 0.881. The van der Waals surface area contributed by atoms with Crippen LogP contribution in [0, 0.1) is 6.92 Å². The van der Waals surface area contributed by atoms with Crippen LogP contribution in [-0.4, -0.2) is 22.8 Å². The van der Waals surface area contributed by atoms with Gasteiger partial charge in [-0.05, 0) is 54.5 Å². The van der Waals surface area contributed by atoms with Gasteiger partial charge in [0.05, 0.1) is 12.8 Å². The molecule has 0 atom stereocenters. The Kier molecular flexibility index (Phi) is 4.46. The summed E-state index contributed by atoms with van der Waals surface area (Å²) in [7, 11) is 3.27. The number of benzene rings is 1.